The first-order chi connectivity index (χ1) is 11.2. The molecule has 1 aliphatic rings. The highest BCUT2D eigenvalue weighted by molar-refractivity contribution is 5.31. The van der Waals surface area contributed by atoms with Gasteiger partial charge in [0.15, 0.2) is 11.6 Å². The second-order valence-electron chi connectivity index (χ2n) is 5.97. The normalized spacial score (nSPS) is 19.9. The van der Waals surface area contributed by atoms with E-state index in [9.17, 15) is 9.50 Å². The zero-order valence-electron chi connectivity index (χ0n) is 13.2. The lowest BCUT2D eigenvalue weighted by Gasteiger charge is -2.26. The fraction of sp³-hybridized carbons (Fsp3) is 0.444. The second kappa shape index (κ2) is 7.15. The van der Waals surface area contributed by atoms with Crippen LogP contribution in [0.2, 0.25) is 0 Å². The van der Waals surface area contributed by atoms with E-state index in [4.69, 9.17) is 9.15 Å². The molecule has 1 saturated heterocycles. The van der Waals surface area contributed by atoms with E-state index in [0.29, 0.717) is 24.3 Å². The first kappa shape index (κ1) is 16.0. The summed E-state index contributed by atoms with van der Waals surface area (Å²) in [7, 11) is 1.47. The maximum absolute atomic E-state index is 14.3. The van der Waals surface area contributed by atoms with Gasteiger partial charge in [-0.2, -0.15) is 0 Å². The molecule has 0 unspecified atom stereocenters. The first-order valence-electron chi connectivity index (χ1n) is 7.96. The van der Waals surface area contributed by atoms with Crippen LogP contribution >= 0.6 is 0 Å². The lowest BCUT2D eigenvalue weighted by molar-refractivity contribution is 0.0991. The quantitative estimate of drug-likeness (QED) is 0.885. The van der Waals surface area contributed by atoms with Crippen molar-refractivity contribution in [1.82, 2.24) is 4.90 Å². The molecular formula is C18H22FNO3. The van der Waals surface area contributed by atoms with Gasteiger partial charge in [-0.05, 0) is 44.0 Å². The zero-order valence-corrected chi connectivity index (χ0v) is 13.2. The monoisotopic (exact) mass is 319 g/mol. The molecule has 23 heavy (non-hydrogen) atoms. The van der Waals surface area contributed by atoms with Crippen LogP contribution in [0.5, 0.6) is 5.75 Å². The van der Waals surface area contributed by atoms with Gasteiger partial charge >= 0.3 is 0 Å². The summed E-state index contributed by atoms with van der Waals surface area (Å²) in [6, 6.07) is 9.00. The standard InChI is InChI=1S/C18H22FNO3/c1-22-17-7-2-5-13(18(17)19)12-20-9-3-6-14(20)11-15(21)16-8-4-10-23-16/h2,4-5,7-8,10,14-15,21H,3,6,9,11-12H2,1H3/t14-,15+/m0/s1. The molecule has 2 atom stereocenters. The Labute approximate surface area is 135 Å². The minimum atomic E-state index is -0.620. The van der Waals surface area contributed by atoms with E-state index >= 15 is 0 Å². The molecule has 1 fully saturated rings. The van der Waals surface area contributed by atoms with Gasteiger partial charge in [-0.15, -0.1) is 0 Å². The van der Waals surface area contributed by atoms with E-state index in [1.54, 1.807) is 36.6 Å². The Morgan fingerprint density at radius 1 is 1.39 bits per heavy atom. The minimum Gasteiger partial charge on any atom is -0.494 e. The smallest absolute Gasteiger partial charge is 0.169 e. The molecular weight excluding hydrogens is 297 g/mol. The summed E-state index contributed by atoms with van der Waals surface area (Å²) in [5, 5.41) is 10.3. The van der Waals surface area contributed by atoms with Crippen LogP contribution in [-0.2, 0) is 6.54 Å². The summed E-state index contributed by atoms with van der Waals surface area (Å²) in [6.45, 7) is 1.44. The van der Waals surface area contributed by atoms with Crippen molar-refractivity contribution in [3.05, 3.63) is 53.7 Å². The lowest BCUT2D eigenvalue weighted by atomic mass is 10.0. The number of furan rings is 1. The van der Waals surface area contributed by atoms with E-state index in [0.717, 1.165) is 19.4 Å². The van der Waals surface area contributed by atoms with Gasteiger partial charge in [0.05, 0.1) is 13.4 Å². The van der Waals surface area contributed by atoms with Crippen molar-refractivity contribution in [3.63, 3.8) is 0 Å². The average Bonchev–Trinajstić information content (AvgIpc) is 3.22. The minimum absolute atomic E-state index is 0.223. The summed E-state index contributed by atoms with van der Waals surface area (Å²) >= 11 is 0. The van der Waals surface area contributed by atoms with Gasteiger partial charge in [-0.1, -0.05) is 12.1 Å². The highest BCUT2D eigenvalue weighted by Gasteiger charge is 2.28. The van der Waals surface area contributed by atoms with Gasteiger partial charge in [0, 0.05) is 18.2 Å². The molecule has 5 heteroatoms. The number of aliphatic hydroxyl groups excluding tert-OH is 1. The lowest BCUT2D eigenvalue weighted by Crippen LogP contribution is -2.30. The van der Waals surface area contributed by atoms with Gasteiger partial charge in [-0.3, -0.25) is 4.90 Å². The number of nitrogens with zero attached hydrogens (tertiary/aromatic N) is 1. The van der Waals surface area contributed by atoms with Crippen LogP contribution in [0, 0.1) is 5.82 Å². The van der Waals surface area contributed by atoms with Gasteiger partial charge in [0.2, 0.25) is 0 Å². The molecule has 2 heterocycles. The fourth-order valence-corrected chi connectivity index (χ4v) is 3.28. The number of ether oxygens (including phenoxy) is 1. The van der Waals surface area contributed by atoms with E-state index < -0.39 is 6.10 Å². The van der Waals surface area contributed by atoms with Crippen LogP contribution in [0.25, 0.3) is 0 Å². The Kier molecular flexibility index (Phi) is 4.98. The third kappa shape index (κ3) is 3.57. The third-order valence-corrected chi connectivity index (χ3v) is 4.50. The Morgan fingerprint density at radius 2 is 2.26 bits per heavy atom. The van der Waals surface area contributed by atoms with Crippen molar-refractivity contribution >= 4 is 0 Å². The summed E-state index contributed by atoms with van der Waals surface area (Å²) in [5.41, 5.74) is 0.628. The molecule has 124 valence electrons. The molecule has 2 aromatic rings. The van der Waals surface area contributed by atoms with E-state index in [-0.39, 0.29) is 17.6 Å². The topological polar surface area (TPSA) is 45.8 Å². The summed E-state index contributed by atoms with van der Waals surface area (Å²) in [4.78, 5) is 2.23. The molecule has 0 bridgehead atoms. The molecule has 0 saturated carbocycles. The summed E-state index contributed by atoms with van der Waals surface area (Å²) in [6.07, 6.45) is 3.60. The third-order valence-electron chi connectivity index (χ3n) is 4.50. The van der Waals surface area contributed by atoms with Crippen molar-refractivity contribution in [2.45, 2.75) is 38.0 Å². The van der Waals surface area contributed by atoms with Gasteiger partial charge in [0.25, 0.3) is 0 Å². The Bertz CT molecular complexity index is 629. The maximum Gasteiger partial charge on any atom is 0.169 e. The van der Waals surface area contributed by atoms with Crippen LogP contribution in [0.3, 0.4) is 0 Å². The summed E-state index contributed by atoms with van der Waals surface area (Å²) < 4.78 is 24.6. The maximum atomic E-state index is 14.3. The first-order valence-corrected chi connectivity index (χ1v) is 7.96. The number of benzene rings is 1. The van der Waals surface area contributed by atoms with Crippen molar-refractivity contribution < 1.29 is 18.7 Å². The van der Waals surface area contributed by atoms with Crippen molar-refractivity contribution in [2.75, 3.05) is 13.7 Å². The molecule has 1 aromatic heterocycles. The van der Waals surface area contributed by atoms with Crippen LogP contribution in [0.15, 0.2) is 41.0 Å². The number of hydrogen-bond donors (Lipinski definition) is 1. The van der Waals surface area contributed by atoms with Crippen molar-refractivity contribution in [2.24, 2.45) is 0 Å². The Morgan fingerprint density at radius 3 is 3.00 bits per heavy atom. The van der Waals surface area contributed by atoms with Gasteiger partial charge in [-0.25, -0.2) is 4.39 Å². The van der Waals surface area contributed by atoms with E-state index in [1.165, 1.54) is 7.11 Å². The molecule has 1 N–H and O–H groups in total. The molecule has 1 aliphatic heterocycles. The molecule has 0 amide bonds. The molecule has 1 aromatic carbocycles. The molecule has 4 nitrogen and oxygen atoms in total. The van der Waals surface area contributed by atoms with Crippen molar-refractivity contribution in [3.8, 4) is 5.75 Å². The zero-order chi connectivity index (χ0) is 16.2. The Hall–Kier alpha value is -1.85. The average molecular weight is 319 g/mol. The number of likely N-dealkylation sites (tertiary alicyclic amines) is 1. The van der Waals surface area contributed by atoms with E-state index in [2.05, 4.69) is 4.90 Å². The van der Waals surface area contributed by atoms with Gasteiger partial charge < -0.3 is 14.3 Å². The fourth-order valence-electron chi connectivity index (χ4n) is 3.28. The number of halogens is 1. The van der Waals surface area contributed by atoms with Crippen LogP contribution in [-0.4, -0.2) is 29.7 Å². The predicted octanol–water partition coefficient (Wildman–Crippen LogP) is 3.52. The highest BCUT2D eigenvalue weighted by Crippen LogP contribution is 2.30. The second-order valence-corrected chi connectivity index (χ2v) is 5.97. The highest BCUT2D eigenvalue weighted by atomic mass is 19.1. The number of aliphatic hydroxyl groups is 1. The largest absolute Gasteiger partial charge is 0.494 e. The number of rotatable bonds is 6. The summed E-state index contributed by atoms with van der Waals surface area (Å²) in [5.74, 6) is 0.561. The SMILES string of the molecule is COc1cccc(CN2CCC[C@H]2C[C@@H](O)c2ccco2)c1F. The van der Waals surface area contributed by atoms with Crippen LogP contribution in [0.1, 0.15) is 36.7 Å². The van der Waals surface area contributed by atoms with Crippen LogP contribution < -0.4 is 4.74 Å². The van der Waals surface area contributed by atoms with E-state index in [1.807, 2.05) is 0 Å². The molecule has 3 rings (SSSR count). The molecule has 0 radical (unpaired) electrons. The van der Waals surface area contributed by atoms with Crippen LogP contribution in [0.4, 0.5) is 4.39 Å². The van der Waals surface area contributed by atoms with Crippen molar-refractivity contribution in [1.29, 1.82) is 0 Å². The molecule has 0 spiro atoms. The predicted molar refractivity (Wildman–Crippen MR) is 84.7 cm³/mol. The Balaban J connectivity index is 1.67. The van der Waals surface area contributed by atoms with Gasteiger partial charge in [0.1, 0.15) is 11.9 Å². The number of hydrogen-bond acceptors (Lipinski definition) is 4. The molecule has 0 aliphatic carbocycles. The number of methoxy groups -OCH3 is 1.